The van der Waals surface area contributed by atoms with Crippen LogP contribution in [0.1, 0.15) is 10.5 Å². The summed E-state index contributed by atoms with van der Waals surface area (Å²) in [6.45, 7) is 0. The third kappa shape index (κ3) is 2.12. The first-order valence-electron chi connectivity index (χ1n) is 4.23. The van der Waals surface area contributed by atoms with Crippen LogP contribution in [0.25, 0.3) is 10.4 Å². The second-order valence-electron chi connectivity index (χ2n) is 2.96. The Morgan fingerprint density at radius 1 is 1.38 bits per heavy atom. The van der Waals surface area contributed by atoms with E-state index in [0.29, 0.717) is 14.4 Å². The SMILES string of the molecule is O=C(O)c1nc(Br)sc1-c1ccc(F)cc1. The molecule has 3 nitrogen and oxygen atoms in total. The molecule has 1 N–H and O–H groups in total. The number of aromatic nitrogens is 1. The fourth-order valence-electron chi connectivity index (χ4n) is 1.24. The van der Waals surface area contributed by atoms with Crippen LogP contribution in [0.2, 0.25) is 0 Å². The molecule has 2 rings (SSSR count). The van der Waals surface area contributed by atoms with Crippen molar-refractivity contribution in [2.75, 3.05) is 0 Å². The molecule has 0 saturated heterocycles. The first kappa shape index (κ1) is 11.2. The van der Waals surface area contributed by atoms with Crippen molar-refractivity contribution in [3.63, 3.8) is 0 Å². The zero-order valence-electron chi connectivity index (χ0n) is 7.78. The zero-order valence-corrected chi connectivity index (χ0v) is 10.2. The Morgan fingerprint density at radius 2 is 2.00 bits per heavy atom. The van der Waals surface area contributed by atoms with Crippen molar-refractivity contribution in [1.29, 1.82) is 0 Å². The van der Waals surface area contributed by atoms with E-state index in [9.17, 15) is 9.18 Å². The molecule has 0 saturated carbocycles. The molecule has 0 atom stereocenters. The second kappa shape index (κ2) is 4.31. The van der Waals surface area contributed by atoms with Gasteiger partial charge in [0.15, 0.2) is 9.61 Å². The maximum Gasteiger partial charge on any atom is 0.356 e. The third-order valence-corrected chi connectivity index (χ3v) is 3.47. The van der Waals surface area contributed by atoms with Crippen LogP contribution in [0.4, 0.5) is 4.39 Å². The monoisotopic (exact) mass is 301 g/mol. The van der Waals surface area contributed by atoms with Crippen LogP contribution in [0.3, 0.4) is 0 Å². The molecule has 1 aromatic heterocycles. The Morgan fingerprint density at radius 3 is 2.56 bits per heavy atom. The highest BCUT2D eigenvalue weighted by Gasteiger charge is 2.17. The topological polar surface area (TPSA) is 50.2 Å². The van der Waals surface area contributed by atoms with Gasteiger partial charge < -0.3 is 5.11 Å². The Kier molecular flexibility index (Phi) is 3.02. The summed E-state index contributed by atoms with van der Waals surface area (Å²) in [6, 6.07) is 5.63. The number of nitrogens with zero attached hydrogens (tertiary/aromatic N) is 1. The van der Waals surface area contributed by atoms with Gasteiger partial charge in [0, 0.05) is 0 Å². The highest BCUT2D eigenvalue weighted by Crippen LogP contribution is 2.33. The van der Waals surface area contributed by atoms with Crippen LogP contribution in [0.15, 0.2) is 28.2 Å². The van der Waals surface area contributed by atoms with Gasteiger partial charge in [0.1, 0.15) is 5.82 Å². The molecule has 0 spiro atoms. The number of benzene rings is 1. The van der Waals surface area contributed by atoms with E-state index in [1.807, 2.05) is 0 Å². The normalized spacial score (nSPS) is 10.4. The van der Waals surface area contributed by atoms with Gasteiger partial charge >= 0.3 is 5.97 Å². The summed E-state index contributed by atoms with van der Waals surface area (Å²) >= 11 is 4.34. The van der Waals surface area contributed by atoms with E-state index in [0.717, 1.165) is 0 Å². The van der Waals surface area contributed by atoms with Gasteiger partial charge in [0.05, 0.1) is 4.88 Å². The smallest absolute Gasteiger partial charge is 0.356 e. The van der Waals surface area contributed by atoms with E-state index in [2.05, 4.69) is 20.9 Å². The zero-order chi connectivity index (χ0) is 11.7. The number of hydrogen-bond acceptors (Lipinski definition) is 3. The molecule has 16 heavy (non-hydrogen) atoms. The van der Waals surface area contributed by atoms with Crippen molar-refractivity contribution in [2.24, 2.45) is 0 Å². The average molecular weight is 302 g/mol. The molecule has 0 aliphatic carbocycles. The molecule has 0 bridgehead atoms. The van der Waals surface area contributed by atoms with Crippen LogP contribution in [0.5, 0.6) is 0 Å². The van der Waals surface area contributed by atoms with Gasteiger partial charge in [-0.05, 0) is 33.6 Å². The Bertz CT molecular complexity index is 538. The molecule has 1 aromatic carbocycles. The fourth-order valence-corrected chi connectivity index (χ4v) is 2.69. The van der Waals surface area contributed by atoms with Crippen molar-refractivity contribution in [1.82, 2.24) is 4.98 Å². The standard InChI is InChI=1S/C10H5BrFNO2S/c11-10-13-7(9(14)15)8(16-10)5-1-3-6(12)4-2-5/h1-4H,(H,14,15). The van der Waals surface area contributed by atoms with Crippen molar-refractivity contribution in [3.8, 4) is 10.4 Å². The molecule has 2 aromatic rings. The molecule has 82 valence electrons. The summed E-state index contributed by atoms with van der Waals surface area (Å²) in [5.41, 5.74) is 0.616. The lowest BCUT2D eigenvalue weighted by Crippen LogP contribution is -1.98. The van der Waals surface area contributed by atoms with Gasteiger partial charge in [-0.15, -0.1) is 11.3 Å². The van der Waals surface area contributed by atoms with Gasteiger partial charge in [-0.1, -0.05) is 12.1 Å². The quantitative estimate of drug-likeness (QED) is 0.925. The highest BCUT2D eigenvalue weighted by atomic mass is 79.9. The Labute approximate surface area is 103 Å². The van der Waals surface area contributed by atoms with Crippen LogP contribution >= 0.6 is 27.3 Å². The first-order valence-corrected chi connectivity index (χ1v) is 5.84. The summed E-state index contributed by atoms with van der Waals surface area (Å²) in [5, 5.41) is 8.94. The van der Waals surface area contributed by atoms with Crippen LogP contribution in [0, 0.1) is 5.82 Å². The fraction of sp³-hybridized carbons (Fsp3) is 0. The maximum atomic E-state index is 12.7. The van der Waals surface area contributed by atoms with Gasteiger partial charge in [0.25, 0.3) is 0 Å². The molecule has 0 fully saturated rings. The highest BCUT2D eigenvalue weighted by molar-refractivity contribution is 9.11. The maximum absolute atomic E-state index is 12.7. The summed E-state index contributed by atoms with van der Waals surface area (Å²) in [4.78, 5) is 15.3. The van der Waals surface area contributed by atoms with Crippen molar-refractivity contribution < 1.29 is 14.3 Å². The lowest BCUT2D eigenvalue weighted by atomic mass is 10.1. The van der Waals surface area contributed by atoms with Crippen molar-refractivity contribution in [3.05, 3.63) is 39.7 Å². The van der Waals surface area contributed by atoms with Crippen LogP contribution in [-0.2, 0) is 0 Å². The Hall–Kier alpha value is -1.27. The summed E-state index contributed by atoms with van der Waals surface area (Å²) in [6.07, 6.45) is 0. The predicted molar refractivity (Wildman–Crippen MR) is 62.2 cm³/mol. The summed E-state index contributed by atoms with van der Waals surface area (Å²) in [5.74, 6) is -1.45. The van der Waals surface area contributed by atoms with E-state index in [-0.39, 0.29) is 11.5 Å². The minimum absolute atomic E-state index is 0.0246. The molecular weight excluding hydrogens is 297 g/mol. The molecular formula is C10H5BrFNO2S. The van der Waals surface area contributed by atoms with E-state index < -0.39 is 5.97 Å². The number of hydrogen-bond donors (Lipinski definition) is 1. The number of thiazole rings is 1. The van der Waals surface area contributed by atoms with Crippen molar-refractivity contribution in [2.45, 2.75) is 0 Å². The predicted octanol–water partition coefficient (Wildman–Crippen LogP) is 3.41. The van der Waals surface area contributed by atoms with Crippen LogP contribution < -0.4 is 0 Å². The lowest BCUT2D eigenvalue weighted by Gasteiger charge is -1.98. The second-order valence-corrected chi connectivity index (χ2v) is 5.23. The molecule has 0 unspecified atom stereocenters. The minimum Gasteiger partial charge on any atom is -0.476 e. The number of carboxylic acid groups (broad SMARTS) is 1. The van der Waals surface area contributed by atoms with Crippen LogP contribution in [-0.4, -0.2) is 16.1 Å². The number of rotatable bonds is 2. The van der Waals surface area contributed by atoms with Gasteiger partial charge in [-0.3, -0.25) is 0 Å². The molecule has 0 aliphatic heterocycles. The van der Waals surface area contributed by atoms with Crippen molar-refractivity contribution >= 4 is 33.2 Å². The Balaban J connectivity index is 2.55. The number of aromatic carboxylic acids is 1. The molecule has 6 heteroatoms. The van der Waals surface area contributed by atoms with E-state index in [1.165, 1.54) is 35.6 Å². The summed E-state index contributed by atoms with van der Waals surface area (Å²) < 4.78 is 13.2. The van der Waals surface area contributed by atoms with Gasteiger partial charge in [-0.25, -0.2) is 14.2 Å². The largest absolute Gasteiger partial charge is 0.476 e. The lowest BCUT2D eigenvalue weighted by molar-refractivity contribution is 0.0692. The third-order valence-electron chi connectivity index (χ3n) is 1.91. The molecule has 1 heterocycles. The minimum atomic E-state index is -1.10. The number of carbonyl (C=O) groups is 1. The van der Waals surface area contributed by atoms with E-state index in [4.69, 9.17) is 5.11 Å². The van der Waals surface area contributed by atoms with Gasteiger partial charge in [-0.2, -0.15) is 0 Å². The van der Waals surface area contributed by atoms with E-state index in [1.54, 1.807) is 0 Å². The molecule has 0 aliphatic rings. The molecule has 0 radical (unpaired) electrons. The number of halogens is 2. The average Bonchev–Trinajstić information content (AvgIpc) is 2.61. The van der Waals surface area contributed by atoms with Gasteiger partial charge in [0.2, 0.25) is 0 Å². The molecule has 0 amide bonds. The first-order chi connectivity index (χ1) is 7.58. The summed E-state index contributed by atoms with van der Waals surface area (Å²) in [7, 11) is 0. The van der Waals surface area contributed by atoms with E-state index >= 15 is 0 Å². The number of carboxylic acids is 1.